The van der Waals surface area contributed by atoms with Gasteiger partial charge >= 0.3 is 6.03 Å². The number of aryl methyl sites for hydroxylation is 2. The first-order chi connectivity index (χ1) is 13.9. The summed E-state index contributed by atoms with van der Waals surface area (Å²) in [5, 5.41) is 21.0. The van der Waals surface area contributed by atoms with Crippen LogP contribution in [0.4, 0.5) is 10.5 Å². The Bertz CT molecular complexity index is 1130. The maximum absolute atomic E-state index is 13.1. The number of fused-ring (bicyclic) bond motifs is 3. The summed E-state index contributed by atoms with van der Waals surface area (Å²) in [6, 6.07) is 1.35. The van der Waals surface area contributed by atoms with Crippen molar-refractivity contribution in [3.63, 3.8) is 0 Å². The lowest BCUT2D eigenvalue weighted by molar-refractivity contribution is 0.180. The summed E-state index contributed by atoms with van der Waals surface area (Å²) in [4.78, 5) is 12.7. The topological polar surface area (TPSA) is 114 Å². The number of nitrogens with zero attached hydrogens (tertiary/aromatic N) is 1. The van der Waals surface area contributed by atoms with Crippen LogP contribution in [0, 0.1) is 0 Å². The third-order valence-electron chi connectivity index (χ3n) is 5.91. The number of nitrogens with two attached hydrogens (primary N) is 1. The molecule has 4 N–H and O–H groups in total. The van der Waals surface area contributed by atoms with Crippen LogP contribution in [-0.2, 0) is 35.6 Å². The van der Waals surface area contributed by atoms with Gasteiger partial charge < -0.3 is 15.2 Å². The van der Waals surface area contributed by atoms with Crippen molar-refractivity contribution >= 4 is 33.0 Å². The minimum atomic E-state index is -3.41. The average Bonchev–Trinajstić information content (AvgIpc) is 3.40. The fourth-order valence-corrected chi connectivity index (χ4v) is 7.00. The Morgan fingerprint density at radius 3 is 2.93 bits per heavy atom. The van der Waals surface area contributed by atoms with Gasteiger partial charge in [0.15, 0.2) is 19.9 Å². The molecule has 0 saturated heterocycles. The van der Waals surface area contributed by atoms with Gasteiger partial charge in [0, 0.05) is 11.3 Å². The number of hydrogen-bond acceptors (Lipinski definition) is 5. The standard InChI is InChI=1S/C20H23N3O4S2/c21-29(26,19-18-12(10-28-19)4-2-8-27-18)23-20(25)22-17-13-5-1-3-11(13)9-15-14(17)6-7-16(15)24/h9-10,16,24H,1-8H2,(H3,21,22,23,25,26). The maximum Gasteiger partial charge on any atom is 0.354 e. The van der Waals surface area contributed by atoms with E-state index in [9.17, 15) is 14.1 Å². The molecular formula is C20H23N3O4S2. The van der Waals surface area contributed by atoms with E-state index in [1.165, 1.54) is 11.3 Å². The second-order valence-electron chi connectivity index (χ2n) is 7.78. The number of carbonyl (C=O) groups excluding carboxylic acids is 1. The minimum absolute atomic E-state index is 0.321. The Labute approximate surface area is 173 Å². The molecule has 9 heteroatoms. The molecule has 2 amide bonds. The van der Waals surface area contributed by atoms with Crippen molar-refractivity contribution in [2.75, 3.05) is 11.9 Å². The summed E-state index contributed by atoms with van der Waals surface area (Å²) in [5.74, 6) is 0.523. The highest BCUT2D eigenvalue weighted by Crippen LogP contribution is 2.42. The van der Waals surface area contributed by atoms with Gasteiger partial charge in [-0.25, -0.2) is 14.1 Å². The molecular weight excluding hydrogens is 410 g/mol. The SMILES string of the molecule is NS(=O)(=NC(=O)Nc1c2c(cc3c1CCC3O)CCC2)c1scc2c1OCCC2. The van der Waals surface area contributed by atoms with Crippen LogP contribution in [0.3, 0.4) is 0 Å². The van der Waals surface area contributed by atoms with Gasteiger partial charge in [0.25, 0.3) is 0 Å². The van der Waals surface area contributed by atoms with Crippen LogP contribution in [-0.4, -0.2) is 22.0 Å². The number of aliphatic hydroxyl groups excluding tert-OH is 1. The molecule has 2 unspecified atom stereocenters. The van der Waals surface area contributed by atoms with Crippen LogP contribution >= 0.6 is 11.3 Å². The molecule has 0 bridgehead atoms. The maximum atomic E-state index is 13.1. The van der Waals surface area contributed by atoms with Gasteiger partial charge in [-0.05, 0) is 72.6 Å². The smallest absolute Gasteiger partial charge is 0.354 e. The van der Waals surface area contributed by atoms with E-state index in [-0.39, 0.29) is 0 Å². The van der Waals surface area contributed by atoms with Crippen molar-refractivity contribution in [2.24, 2.45) is 9.50 Å². The van der Waals surface area contributed by atoms with E-state index in [4.69, 9.17) is 9.88 Å². The number of amides is 2. The number of aliphatic hydroxyl groups is 1. The van der Waals surface area contributed by atoms with Crippen molar-refractivity contribution in [3.05, 3.63) is 39.3 Å². The molecule has 29 heavy (non-hydrogen) atoms. The molecule has 1 aromatic heterocycles. The largest absolute Gasteiger partial charge is 0.491 e. The molecule has 154 valence electrons. The second-order valence-corrected chi connectivity index (χ2v) is 10.7. The third kappa shape index (κ3) is 3.26. The summed E-state index contributed by atoms with van der Waals surface area (Å²) < 4.78 is 22.9. The Morgan fingerprint density at radius 2 is 2.07 bits per heavy atom. The molecule has 2 heterocycles. The van der Waals surface area contributed by atoms with Gasteiger partial charge in [0.2, 0.25) is 0 Å². The molecule has 0 saturated carbocycles. The zero-order valence-electron chi connectivity index (χ0n) is 15.9. The summed E-state index contributed by atoms with van der Waals surface area (Å²) in [5.41, 5.74) is 5.80. The first-order valence-electron chi connectivity index (χ1n) is 9.88. The summed E-state index contributed by atoms with van der Waals surface area (Å²) in [6.45, 7) is 0.545. The predicted molar refractivity (Wildman–Crippen MR) is 112 cm³/mol. The normalized spacial score (nSPS) is 21.5. The summed E-state index contributed by atoms with van der Waals surface area (Å²) in [6.07, 6.45) is 5.41. The molecule has 2 aromatic rings. The number of anilines is 1. The zero-order chi connectivity index (χ0) is 20.2. The highest BCUT2D eigenvalue weighted by molar-refractivity contribution is 7.93. The third-order valence-corrected chi connectivity index (χ3v) is 8.87. The van der Waals surface area contributed by atoms with Crippen molar-refractivity contribution < 1.29 is 18.8 Å². The van der Waals surface area contributed by atoms with E-state index < -0.39 is 22.1 Å². The van der Waals surface area contributed by atoms with Crippen LogP contribution in [0.5, 0.6) is 5.75 Å². The number of thiophene rings is 1. The monoisotopic (exact) mass is 433 g/mol. The number of hydrogen-bond donors (Lipinski definition) is 3. The Morgan fingerprint density at radius 1 is 1.24 bits per heavy atom. The molecule has 3 aliphatic rings. The van der Waals surface area contributed by atoms with E-state index in [1.807, 2.05) is 5.38 Å². The van der Waals surface area contributed by atoms with Crippen molar-refractivity contribution in [2.45, 2.75) is 55.3 Å². The van der Waals surface area contributed by atoms with Crippen molar-refractivity contribution in [3.8, 4) is 5.75 Å². The highest BCUT2D eigenvalue weighted by Gasteiger charge is 2.30. The Kier molecular flexibility index (Phi) is 4.65. The van der Waals surface area contributed by atoms with Gasteiger partial charge in [-0.1, -0.05) is 6.07 Å². The van der Waals surface area contributed by atoms with Crippen LogP contribution in [0.2, 0.25) is 0 Å². The van der Waals surface area contributed by atoms with E-state index in [2.05, 4.69) is 15.7 Å². The van der Waals surface area contributed by atoms with Gasteiger partial charge in [0.05, 0.1) is 12.7 Å². The summed E-state index contributed by atoms with van der Waals surface area (Å²) in [7, 11) is -3.41. The molecule has 1 aliphatic heterocycles. The molecule has 2 aliphatic carbocycles. The highest BCUT2D eigenvalue weighted by atomic mass is 32.2. The van der Waals surface area contributed by atoms with E-state index >= 15 is 0 Å². The number of benzene rings is 1. The number of nitrogens with one attached hydrogen (secondary N) is 1. The van der Waals surface area contributed by atoms with E-state index in [0.29, 0.717) is 29.4 Å². The molecule has 0 fully saturated rings. The molecule has 1 aromatic carbocycles. The molecule has 0 spiro atoms. The van der Waals surface area contributed by atoms with Crippen LogP contribution in [0.1, 0.15) is 53.2 Å². The number of ether oxygens (including phenoxy) is 1. The Hall–Kier alpha value is -1.94. The predicted octanol–water partition coefficient (Wildman–Crippen LogP) is 3.47. The lowest BCUT2D eigenvalue weighted by atomic mass is 9.98. The van der Waals surface area contributed by atoms with Crippen LogP contribution in [0.15, 0.2) is 20.0 Å². The van der Waals surface area contributed by atoms with Gasteiger partial charge in [-0.15, -0.1) is 15.7 Å². The van der Waals surface area contributed by atoms with Crippen LogP contribution in [0.25, 0.3) is 0 Å². The number of carbonyl (C=O) groups is 1. The van der Waals surface area contributed by atoms with Crippen LogP contribution < -0.4 is 15.2 Å². The molecule has 7 nitrogen and oxygen atoms in total. The van der Waals surface area contributed by atoms with E-state index in [1.54, 1.807) is 0 Å². The number of urea groups is 1. The first-order valence-corrected chi connectivity index (χ1v) is 12.3. The second kappa shape index (κ2) is 7.09. The Balaban J connectivity index is 1.50. The van der Waals surface area contributed by atoms with Gasteiger partial charge in [0.1, 0.15) is 0 Å². The minimum Gasteiger partial charge on any atom is -0.491 e. The fourth-order valence-electron chi connectivity index (χ4n) is 4.59. The quantitative estimate of drug-likeness (QED) is 0.673. The van der Waals surface area contributed by atoms with E-state index in [0.717, 1.165) is 65.6 Å². The lowest BCUT2D eigenvalue weighted by Gasteiger charge is -2.16. The fraction of sp³-hybridized carbons (Fsp3) is 0.450. The van der Waals surface area contributed by atoms with Crippen molar-refractivity contribution in [1.29, 1.82) is 0 Å². The number of rotatable bonds is 2. The first kappa shape index (κ1) is 19.0. The molecule has 2 atom stereocenters. The average molecular weight is 434 g/mol. The zero-order valence-corrected chi connectivity index (χ0v) is 17.5. The van der Waals surface area contributed by atoms with Crippen molar-refractivity contribution in [1.82, 2.24) is 0 Å². The summed E-state index contributed by atoms with van der Waals surface area (Å²) >= 11 is 1.23. The van der Waals surface area contributed by atoms with Gasteiger partial charge in [-0.3, -0.25) is 0 Å². The van der Waals surface area contributed by atoms with Gasteiger partial charge in [-0.2, -0.15) is 0 Å². The molecule has 0 radical (unpaired) electrons. The lowest BCUT2D eigenvalue weighted by Crippen LogP contribution is -2.19. The molecule has 5 rings (SSSR count).